The van der Waals surface area contributed by atoms with Gasteiger partial charge in [0.05, 0.1) is 5.56 Å². The fourth-order valence-electron chi connectivity index (χ4n) is 3.48. The average Bonchev–Trinajstić information content (AvgIpc) is 3.48. The molecule has 1 N–H and O–H groups in total. The van der Waals surface area contributed by atoms with Crippen molar-refractivity contribution in [3.8, 4) is 11.5 Å². The third kappa shape index (κ3) is 4.08. The predicted octanol–water partition coefficient (Wildman–Crippen LogP) is 3.94. The van der Waals surface area contributed by atoms with Crippen molar-refractivity contribution in [2.75, 3.05) is 19.8 Å². The molecule has 1 heterocycles. The van der Waals surface area contributed by atoms with E-state index in [4.69, 9.17) is 9.47 Å². The zero-order chi connectivity index (χ0) is 19.7. The van der Waals surface area contributed by atoms with Gasteiger partial charge in [-0.25, -0.2) is 0 Å². The van der Waals surface area contributed by atoms with Crippen LogP contribution in [0.15, 0.2) is 42.5 Å². The number of nitrogens with one attached hydrogen (secondary N) is 1. The minimum absolute atomic E-state index is 0.00317. The molecule has 1 aliphatic heterocycles. The Morgan fingerprint density at radius 1 is 1.04 bits per heavy atom. The first-order valence-corrected chi connectivity index (χ1v) is 9.25. The lowest BCUT2D eigenvalue weighted by Gasteiger charge is -2.18. The molecular weight excluding hydrogens is 371 g/mol. The number of carbonyl (C=O) groups is 1. The highest BCUT2D eigenvalue weighted by Gasteiger charge is 2.44. The Balaban J connectivity index is 1.26. The number of halogens is 3. The maximum absolute atomic E-state index is 12.6. The van der Waals surface area contributed by atoms with Gasteiger partial charge in [0.15, 0.2) is 11.5 Å². The molecule has 2 aliphatic rings. The molecule has 1 amide bonds. The average molecular weight is 391 g/mol. The molecule has 0 spiro atoms. The maximum atomic E-state index is 12.6. The summed E-state index contributed by atoms with van der Waals surface area (Å²) in [5, 5.41) is 2.92. The van der Waals surface area contributed by atoms with E-state index in [1.807, 2.05) is 18.2 Å². The first-order valence-electron chi connectivity index (χ1n) is 9.25. The van der Waals surface area contributed by atoms with Gasteiger partial charge in [-0.1, -0.05) is 18.2 Å². The van der Waals surface area contributed by atoms with Crippen molar-refractivity contribution >= 4 is 5.91 Å². The first kappa shape index (κ1) is 18.7. The van der Waals surface area contributed by atoms with Crippen molar-refractivity contribution in [1.82, 2.24) is 5.32 Å². The smallest absolute Gasteiger partial charge is 0.416 e. The number of ether oxygens (including phenoxy) is 2. The van der Waals surface area contributed by atoms with Gasteiger partial charge in [0.2, 0.25) is 5.91 Å². The van der Waals surface area contributed by atoms with Crippen LogP contribution >= 0.6 is 0 Å². The lowest BCUT2D eigenvalue weighted by atomic mass is 10.1. The summed E-state index contributed by atoms with van der Waals surface area (Å²) in [6, 6.07) is 10.8. The van der Waals surface area contributed by atoms with E-state index < -0.39 is 11.7 Å². The van der Waals surface area contributed by atoms with Gasteiger partial charge in [-0.15, -0.1) is 0 Å². The summed E-state index contributed by atoms with van der Waals surface area (Å²) in [6.45, 7) is 1.57. The summed E-state index contributed by atoms with van der Waals surface area (Å²) < 4.78 is 48.9. The van der Waals surface area contributed by atoms with Gasteiger partial charge < -0.3 is 14.8 Å². The van der Waals surface area contributed by atoms with Gasteiger partial charge in [0.25, 0.3) is 0 Å². The summed E-state index contributed by atoms with van der Waals surface area (Å²) in [6.07, 6.45) is -3.01. The number of benzene rings is 2. The number of amides is 1. The molecule has 1 aliphatic carbocycles. The highest BCUT2D eigenvalue weighted by atomic mass is 19.4. The van der Waals surface area contributed by atoms with Crippen LogP contribution in [0.3, 0.4) is 0 Å². The molecule has 4 nitrogen and oxygen atoms in total. The summed E-state index contributed by atoms with van der Waals surface area (Å²) in [4.78, 5) is 12.3. The second-order valence-corrected chi connectivity index (χ2v) is 7.09. The minimum Gasteiger partial charge on any atom is -0.486 e. The zero-order valence-electron chi connectivity index (χ0n) is 15.1. The molecule has 0 bridgehead atoms. The summed E-state index contributed by atoms with van der Waals surface area (Å²) in [7, 11) is 0. The highest BCUT2D eigenvalue weighted by Crippen LogP contribution is 2.48. The molecule has 0 radical (unpaired) electrons. The number of carbonyl (C=O) groups excluding carboxylic acids is 1. The molecule has 148 valence electrons. The first-order chi connectivity index (χ1) is 13.4. The fraction of sp³-hybridized carbons (Fsp3) is 0.381. The van der Waals surface area contributed by atoms with Crippen molar-refractivity contribution in [2.45, 2.75) is 24.9 Å². The van der Waals surface area contributed by atoms with Crippen molar-refractivity contribution in [3.05, 3.63) is 59.2 Å². The van der Waals surface area contributed by atoms with E-state index in [0.717, 1.165) is 34.8 Å². The van der Waals surface area contributed by atoms with E-state index in [9.17, 15) is 18.0 Å². The van der Waals surface area contributed by atoms with Crippen LogP contribution < -0.4 is 14.8 Å². The molecule has 1 saturated carbocycles. The Kier molecular flexibility index (Phi) is 4.91. The van der Waals surface area contributed by atoms with Gasteiger partial charge in [0.1, 0.15) is 13.2 Å². The monoisotopic (exact) mass is 391 g/mol. The molecule has 2 aromatic carbocycles. The van der Waals surface area contributed by atoms with Crippen LogP contribution in [0.5, 0.6) is 11.5 Å². The molecule has 4 rings (SSSR count). The van der Waals surface area contributed by atoms with E-state index >= 15 is 0 Å². The summed E-state index contributed by atoms with van der Waals surface area (Å²) >= 11 is 0. The van der Waals surface area contributed by atoms with Crippen LogP contribution in [0, 0.1) is 5.92 Å². The van der Waals surface area contributed by atoms with Crippen LogP contribution in [0.25, 0.3) is 0 Å². The van der Waals surface area contributed by atoms with Gasteiger partial charge in [-0.05, 0) is 54.2 Å². The second kappa shape index (κ2) is 7.37. The number of rotatable bonds is 5. The van der Waals surface area contributed by atoms with Gasteiger partial charge >= 0.3 is 6.18 Å². The van der Waals surface area contributed by atoms with E-state index in [1.54, 1.807) is 0 Å². The highest BCUT2D eigenvalue weighted by molar-refractivity contribution is 5.82. The Bertz CT molecular complexity index is 864. The molecular formula is C21H20F3NO3. The summed E-state index contributed by atoms with van der Waals surface area (Å²) in [5.41, 5.74) is 1.15. The Hall–Kier alpha value is -2.70. The molecule has 7 heteroatoms. The molecule has 0 unspecified atom stereocenters. The van der Waals surface area contributed by atoms with E-state index in [0.29, 0.717) is 32.6 Å². The Morgan fingerprint density at radius 2 is 1.75 bits per heavy atom. The minimum atomic E-state index is -4.34. The van der Waals surface area contributed by atoms with Crippen molar-refractivity contribution in [3.63, 3.8) is 0 Å². The summed E-state index contributed by atoms with van der Waals surface area (Å²) in [5.74, 6) is 1.23. The lowest BCUT2D eigenvalue weighted by molar-refractivity contribution is -0.137. The number of alkyl halides is 3. The third-order valence-corrected chi connectivity index (χ3v) is 5.11. The maximum Gasteiger partial charge on any atom is 0.416 e. The molecule has 2 aromatic rings. The fourth-order valence-corrected chi connectivity index (χ4v) is 3.48. The second-order valence-electron chi connectivity index (χ2n) is 7.09. The van der Waals surface area contributed by atoms with Gasteiger partial charge in [0, 0.05) is 12.5 Å². The van der Waals surface area contributed by atoms with Crippen LogP contribution in [0.2, 0.25) is 0 Å². The largest absolute Gasteiger partial charge is 0.486 e. The molecule has 2 atom stereocenters. The SMILES string of the molecule is O=C(NCCc1ccc2c(c1)OCCO2)[C@@H]1C[C@H]1c1ccc(C(F)(F)F)cc1. The normalized spacial score (nSPS) is 20.5. The predicted molar refractivity (Wildman–Crippen MR) is 96.4 cm³/mol. The van der Waals surface area contributed by atoms with E-state index in [1.165, 1.54) is 12.1 Å². The Morgan fingerprint density at radius 3 is 2.46 bits per heavy atom. The Labute approximate surface area is 160 Å². The van der Waals surface area contributed by atoms with Crippen molar-refractivity contribution in [1.29, 1.82) is 0 Å². The lowest BCUT2D eigenvalue weighted by Crippen LogP contribution is -2.27. The molecule has 28 heavy (non-hydrogen) atoms. The molecule has 0 saturated heterocycles. The van der Waals surface area contributed by atoms with Crippen molar-refractivity contribution < 1.29 is 27.4 Å². The number of hydrogen-bond acceptors (Lipinski definition) is 3. The molecule has 1 fully saturated rings. The van der Waals surface area contributed by atoms with Crippen LogP contribution in [-0.2, 0) is 17.4 Å². The number of fused-ring (bicyclic) bond motifs is 1. The van der Waals surface area contributed by atoms with Crippen LogP contribution in [0.1, 0.15) is 29.0 Å². The van der Waals surface area contributed by atoms with Crippen LogP contribution in [0.4, 0.5) is 13.2 Å². The van der Waals surface area contributed by atoms with Gasteiger partial charge in [-0.3, -0.25) is 4.79 Å². The quantitative estimate of drug-likeness (QED) is 0.840. The molecule has 0 aromatic heterocycles. The van der Waals surface area contributed by atoms with E-state index in [-0.39, 0.29) is 17.7 Å². The van der Waals surface area contributed by atoms with Crippen molar-refractivity contribution in [2.24, 2.45) is 5.92 Å². The zero-order valence-corrected chi connectivity index (χ0v) is 15.1. The number of hydrogen-bond donors (Lipinski definition) is 1. The van der Waals surface area contributed by atoms with E-state index in [2.05, 4.69) is 5.32 Å². The standard InChI is InChI=1S/C21H20F3NO3/c22-21(23,24)15-4-2-14(3-5-15)16-12-17(16)20(26)25-8-7-13-1-6-18-19(11-13)28-10-9-27-18/h1-6,11,16-17H,7-10,12H2,(H,25,26)/t16-,17+/m0/s1. The third-order valence-electron chi connectivity index (χ3n) is 5.11. The topological polar surface area (TPSA) is 47.6 Å². The van der Waals surface area contributed by atoms with Crippen LogP contribution in [-0.4, -0.2) is 25.7 Å². The van der Waals surface area contributed by atoms with Gasteiger partial charge in [-0.2, -0.15) is 13.2 Å².